The SMILES string of the molecule is CCOc1cc(/C=C2\SC(=S)N(CC(=O)Nc3ccc(C)cc3)C2=O)ccc1O. The first kappa shape index (κ1) is 20.9. The molecule has 8 heteroatoms. The second-order valence-corrected chi connectivity index (χ2v) is 8.02. The summed E-state index contributed by atoms with van der Waals surface area (Å²) in [4.78, 5) is 26.7. The van der Waals surface area contributed by atoms with Crippen LogP contribution in [-0.4, -0.2) is 39.3 Å². The van der Waals surface area contributed by atoms with Gasteiger partial charge in [-0.2, -0.15) is 0 Å². The fourth-order valence-corrected chi connectivity index (χ4v) is 3.92. The summed E-state index contributed by atoms with van der Waals surface area (Å²) in [6.07, 6.45) is 1.67. The third-order valence-corrected chi connectivity index (χ3v) is 5.47. The molecule has 0 bridgehead atoms. The summed E-state index contributed by atoms with van der Waals surface area (Å²) in [5.74, 6) is -0.279. The lowest BCUT2D eigenvalue weighted by atomic mass is 10.2. The molecule has 1 fully saturated rings. The molecule has 0 radical (unpaired) electrons. The van der Waals surface area contributed by atoms with Crippen molar-refractivity contribution >= 4 is 51.9 Å². The van der Waals surface area contributed by atoms with E-state index in [4.69, 9.17) is 17.0 Å². The number of carbonyl (C=O) groups is 2. The molecule has 2 amide bonds. The molecule has 0 spiro atoms. The van der Waals surface area contributed by atoms with E-state index in [1.54, 1.807) is 30.3 Å². The van der Waals surface area contributed by atoms with E-state index < -0.39 is 0 Å². The maximum absolute atomic E-state index is 12.7. The number of rotatable bonds is 6. The second kappa shape index (κ2) is 9.11. The van der Waals surface area contributed by atoms with Crippen LogP contribution in [0.4, 0.5) is 5.69 Å². The lowest BCUT2D eigenvalue weighted by Crippen LogP contribution is -2.36. The standard InChI is InChI=1S/C21H20N2O4S2/c1-3-27-17-10-14(6-9-16(17)24)11-18-20(26)23(21(28)29-18)12-19(25)22-15-7-4-13(2)5-8-15/h4-11,24H,3,12H2,1-2H3,(H,22,25)/b18-11-. The Kier molecular flexibility index (Phi) is 6.56. The molecule has 0 atom stereocenters. The van der Waals surface area contributed by atoms with E-state index in [1.165, 1.54) is 11.0 Å². The lowest BCUT2D eigenvalue weighted by Gasteiger charge is -2.14. The molecule has 1 aliphatic rings. The Morgan fingerprint density at radius 3 is 2.69 bits per heavy atom. The average Bonchev–Trinajstić information content (AvgIpc) is 2.94. The van der Waals surface area contributed by atoms with Gasteiger partial charge in [0.1, 0.15) is 10.9 Å². The first-order valence-electron chi connectivity index (χ1n) is 8.95. The summed E-state index contributed by atoms with van der Waals surface area (Å²) in [6, 6.07) is 12.2. The Balaban J connectivity index is 1.70. The zero-order valence-electron chi connectivity index (χ0n) is 16.0. The first-order valence-corrected chi connectivity index (χ1v) is 10.2. The smallest absolute Gasteiger partial charge is 0.266 e. The van der Waals surface area contributed by atoms with Gasteiger partial charge in [-0.25, -0.2) is 0 Å². The van der Waals surface area contributed by atoms with Crippen LogP contribution in [0.25, 0.3) is 6.08 Å². The lowest BCUT2D eigenvalue weighted by molar-refractivity contribution is -0.126. The highest BCUT2D eigenvalue weighted by Crippen LogP contribution is 2.34. The number of hydrogen-bond donors (Lipinski definition) is 2. The van der Waals surface area contributed by atoms with Crippen molar-refractivity contribution in [2.75, 3.05) is 18.5 Å². The summed E-state index contributed by atoms with van der Waals surface area (Å²) in [5.41, 5.74) is 2.44. The fraction of sp³-hybridized carbons (Fsp3) is 0.190. The molecule has 2 N–H and O–H groups in total. The predicted molar refractivity (Wildman–Crippen MR) is 119 cm³/mol. The number of aryl methyl sites for hydroxylation is 1. The van der Waals surface area contributed by atoms with Gasteiger partial charge < -0.3 is 15.2 Å². The highest BCUT2D eigenvalue weighted by Gasteiger charge is 2.33. The highest BCUT2D eigenvalue weighted by molar-refractivity contribution is 8.26. The number of anilines is 1. The van der Waals surface area contributed by atoms with Crippen LogP contribution in [0.3, 0.4) is 0 Å². The molecule has 0 unspecified atom stereocenters. The van der Waals surface area contributed by atoms with Crippen LogP contribution in [0, 0.1) is 6.92 Å². The molecule has 0 aliphatic carbocycles. The van der Waals surface area contributed by atoms with Gasteiger partial charge in [0.2, 0.25) is 5.91 Å². The summed E-state index contributed by atoms with van der Waals surface area (Å²) in [7, 11) is 0. The minimum Gasteiger partial charge on any atom is -0.504 e. The van der Waals surface area contributed by atoms with E-state index in [-0.39, 0.29) is 24.1 Å². The van der Waals surface area contributed by atoms with E-state index in [1.807, 2.05) is 26.0 Å². The number of carbonyl (C=O) groups excluding carboxylic acids is 2. The van der Waals surface area contributed by atoms with Crippen LogP contribution in [-0.2, 0) is 9.59 Å². The van der Waals surface area contributed by atoms with Gasteiger partial charge in [0.15, 0.2) is 11.5 Å². The van der Waals surface area contributed by atoms with Crippen molar-refractivity contribution in [3.05, 3.63) is 58.5 Å². The van der Waals surface area contributed by atoms with Crippen molar-refractivity contribution < 1.29 is 19.4 Å². The number of thioether (sulfide) groups is 1. The number of phenolic OH excluding ortho intramolecular Hbond substituents is 1. The summed E-state index contributed by atoms with van der Waals surface area (Å²) >= 11 is 6.42. The zero-order valence-corrected chi connectivity index (χ0v) is 17.6. The molecule has 150 valence electrons. The molecule has 29 heavy (non-hydrogen) atoms. The van der Waals surface area contributed by atoms with Gasteiger partial charge in [0.25, 0.3) is 5.91 Å². The molecule has 2 aromatic carbocycles. The summed E-state index contributed by atoms with van der Waals surface area (Å²) in [5, 5.41) is 12.6. The van der Waals surface area contributed by atoms with Gasteiger partial charge in [0, 0.05) is 5.69 Å². The third-order valence-electron chi connectivity index (χ3n) is 4.09. The summed E-state index contributed by atoms with van der Waals surface area (Å²) in [6.45, 7) is 4.03. The number of amides is 2. The Labute approximate surface area is 178 Å². The van der Waals surface area contributed by atoms with Crippen molar-refractivity contribution in [3.63, 3.8) is 0 Å². The van der Waals surface area contributed by atoms with Gasteiger partial charge in [-0.15, -0.1) is 0 Å². The Hall–Kier alpha value is -2.84. The fourth-order valence-electron chi connectivity index (χ4n) is 2.66. The van der Waals surface area contributed by atoms with Gasteiger partial charge in [0.05, 0.1) is 11.5 Å². The van der Waals surface area contributed by atoms with Crippen molar-refractivity contribution in [2.45, 2.75) is 13.8 Å². The number of thiocarbonyl (C=S) groups is 1. The van der Waals surface area contributed by atoms with Gasteiger partial charge >= 0.3 is 0 Å². The number of ether oxygens (including phenoxy) is 1. The van der Waals surface area contributed by atoms with Gasteiger partial charge in [-0.3, -0.25) is 14.5 Å². The summed E-state index contributed by atoms with van der Waals surface area (Å²) < 4.78 is 5.69. The molecule has 0 aromatic heterocycles. The van der Waals surface area contributed by atoms with Crippen LogP contribution >= 0.6 is 24.0 Å². The molecular formula is C21H20N2O4S2. The minimum absolute atomic E-state index is 0.0318. The second-order valence-electron chi connectivity index (χ2n) is 6.34. The minimum atomic E-state index is -0.329. The molecule has 2 aromatic rings. The Morgan fingerprint density at radius 2 is 2.00 bits per heavy atom. The quantitative estimate of drug-likeness (QED) is 0.536. The molecule has 1 saturated heterocycles. The number of benzene rings is 2. The van der Waals surface area contributed by atoms with Crippen molar-refractivity contribution in [1.82, 2.24) is 4.90 Å². The van der Waals surface area contributed by atoms with Crippen molar-refractivity contribution in [1.29, 1.82) is 0 Å². The van der Waals surface area contributed by atoms with E-state index in [0.717, 1.165) is 17.3 Å². The van der Waals surface area contributed by atoms with E-state index in [0.29, 0.717) is 32.8 Å². The van der Waals surface area contributed by atoms with E-state index in [9.17, 15) is 14.7 Å². The van der Waals surface area contributed by atoms with Crippen LogP contribution in [0.5, 0.6) is 11.5 Å². The molecule has 6 nitrogen and oxygen atoms in total. The Bertz CT molecular complexity index is 987. The molecule has 1 aliphatic heterocycles. The predicted octanol–water partition coefficient (Wildman–Crippen LogP) is 3.94. The molecule has 1 heterocycles. The van der Waals surface area contributed by atoms with Crippen LogP contribution in [0.15, 0.2) is 47.4 Å². The van der Waals surface area contributed by atoms with Gasteiger partial charge in [-0.05, 0) is 49.8 Å². The first-order chi connectivity index (χ1) is 13.9. The zero-order chi connectivity index (χ0) is 21.0. The normalized spacial score (nSPS) is 15.1. The number of aromatic hydroxyl groups is 1. The monoisotopic (exact) mass is 428 g/mol. The van der Waals surface area contributed by atoms with Crippen LogP contribution in [0.2, 0.25) is 0 Å². The average molecular weight is 429 g/mol. The van der Waals surface area contributed by atoms with Crippen molar-refractivity contribution in [2.24, 2.45) is 0 Å². The van der Waals surface area contributed by atoms with Gasteiger partial charge in [-0.1, -0.05) is 47.7 Å². The van der Waals surface area contributed by atoms with Crippen LogP contribution < -0.4 is 10.1 Å². The van der Waals surface area contributed by atoms with E-state index >= 15 is 0 Å². The van der Waals surface area contributed by atoms with Crippen LogP contribution in [0.1, 0.15) is 18.1 Å². The molecule has 0 saturated carbocycles. The van der Waals surface area contributed by atoms with Crippen molar-refractivity contribution in [3.8, 4) is 11.5 Å². The number of hydrogen-bond acceptors (Lipinski definition) is 6. The highest BCUT2D eigenvalue weighted by atomic mass is 32.2. The largest absolute Gasteiger partial charge is 0.504 e. The van der Waals surface area contributed by atoms with E-state index in [2.05, 4.69) is 5.32 Å². The number of phenols is 1. The number of nitrogens with one attached hydrogen (secondary N) is 1. The Morgan fingerprint density at radius 1 is 1.28 bits per heavy atom. The molecule has 3 rings (SSSR count). The molecular weight excluding hydrogens is 408 g/mol. The third kappa shape index (κ3) is 5.16. The topological polar surface area (TPSA) is 78.9 Å². The number of nitrogens with zero attached hydrogens (tertiary/aromatic N) is 1. The maximum Gasteiger partial charge on any atom is 0.266 e. The maximum atomic E-state index is 12.7.